The lowest BCUT2D eigenvalue weighted by atomic mass is 10.0. The maximum absolute atomic E-state index is 11.5. The number of para-hydroxylation sites is 1. The average molecular weight is 286 g/mol. The van der Waals surface area contributed by atoms with Gasteiger partial charge in [0, 0.05) is 24.6 Å². The number of rotatable bonds is 5. The molecule has 0 bridgehead atoms. The van der Waals surface area contributed by atoms with Crippen molar-refractivity contribution in [2.24, 2.45) is 5.92 Å². The summed E-state index contributed by atoms with van der Waals surface area (Å²) in [5.74, 6) is 1.03. The van der Waals surface area contributed by atoms with E-state index >= 15 is 0 Å². The van der Waals surface area contributed by atoms with Crippen LogP contribution in [0.5, 0.6) is 5.75 Å². The molecule has 1 aromatic heterocycles. The predicted octanol–water partition coefficient (Wildman–Crippen LogP) is 1.48. The van der Waals surface area contributed by atoms with E-state index in [4.69, 9.17) is 4.74 Å². The number of nitrogens with zero attached hydrogens (tertiary/aromatic N) is 3. The second-order valence-electron chi connectivity index (χ2n) is 5.13. The number of aryl methyl sites for hydroxylation is 1. The largest absolute Gasteiger partial charge is 0.496 e. The fraction of sp³-hybridized carbons (Fsp3) is 0.400. The third-order valence-electron chi connectivity index (χ3n) is 3.79. The summed E-state index contributed by atoms with van der Waals surface area (Å²) in [4.78, 5) is 11.5. The zero-order valence-corrected chi connectivity index (χ0v) is 12.0. The van der Waals surface area contributed by atoms with E-state index in [0.717, 1.165) is 36.4 Å². The van der Waals surface area contributed by atoms with Gasteiger partial charge in [-0.2, -0.15) is 0 Å². The molecule has 2 heterocycles. The Morgan fingerprint density at radius 2 is 2.29 bits per heavy atom. The van der Waals surface area contributed by atoms with Crippen LogP contribution in [0.15, 0.2) is 30.5 Å². The normalized spacial score (nSPS) is 17.8. The molecule has 0 spiro atoms. The molecule has 1 N–H and O–H groups in total. The highest BCUT2D eigenvalue weighted by molar-refractivity contribution is 5.80. The number of amides is 1. The number of carbonyl (C=O) groups is 1. The number of benzene rings is 1. The van der Waals surface area contributed by atoms with E-state index in [0.29, 0.717) is 6.54 Å². The lowest BCUT2D eigenvalue weighted by Gasteiger charge is -2.06. The average Bonchev–Trinajstić information content (AvgIpc) is 3.14. The standard InChI is InChI=1S/C15H18N4O2/c1-21-14-5-3-2-4-12(14)13-10-19(18-17-13)9-7-11-6-8-16-15(11)20/h2-5,10-11H,6-9H2,1H3,(H,16,20). The Balaban J connectivity index is 1.70. The molecule has 1 fully saturated rings. The Morgan fingerprint density at radius 3 is 3.05 bits per heavy atom. The molecule has 1 aliphatic rings. The molecule has 21 heavy (non-hydrogen) atoms. The fourth-order valence-electron chi connectivity index (χ4n) is 2.60. The molecule has 1 atom stereocenters. The summed E-state index contributed by atoms with van der Waals surface area (Å²) in [6.07, 6.45) is 3.60. The maximum Gasteiger partial charge on any atom is 0.223 e. The van der Waals surface area contributed by atoms with Gasteiger partial charge in [0.25, 0.3) is 0 Å². The van der Waals surface area contributed by atoms with Crippen LogP contribution < -0.4 is 10.1 Å². The third-order valence-corrected chi connectivity index (χ3v) is 3.79. The molecule has 6 nitrogen and oxygen atoms in total. The van der Waals surface area contributed by atoms with Crippen molar-refractivity contribution in [2.45, 2.75) is 19.4 Å². The molecular formula is C15H18N4O2. The molecule has 1 aromatic carbocycles. The van der Waals surface area contributed by atoms with Gasteiger partial charge < -0.3 is 10.1 Å². The maximum atomic E-state index is 11.5. The minimum absolute atomic E-state index is 0.101. The predicted molar refractivity (Wildman–Crippen MR) is 77.7 cm³/mol. The zero-order valence-electron chi connectivity index (χ0n) is 12.0. The van der Waals surface area contributed by atoms with Gasteiger partial charge in [0.2, 0.25) is 5.91 Å². The summed E-state index contributed by atoms with van der Waals surface area (Å²) in [6, 6.07) is 7.72. The summed E-state index contributed by atoms with van der Waals surface area (Å²) < 4.78 is 7.12. The fourth-order valence-corrected chi connectivity index (χ4v) is 2.60. The SMILES string of the molecule is COc1ccccc1-c1cn(CCC2CCNC2=O)nn1. The molecular weight excluding hydrogens is 268 g/mol. The Hall–Kier alpha value is -2.37. The van der Waals surface area contributed by atoms with Crippen molar-refractivity contribution in [1.29, 1.82) is 0 Å². The Labute approximate surface area is 123 Å². The van der Waals surface area contributed by atoms with E-state index in [2.05, 4.69) is 15.6 Å². The van der Waals surface area contributed by atoms with Crippen molar-refractivity contribution in [3.05, 3.63) is 30.5 Å². The van der Waals surface area contributed by atoms with Gasteiger partial charge in [-0.05, 0) is 25.0 Å². The zero-order chi connectivity index (χ0) is 14.7. The molecule has 1 amide bonds. The first-order valence-electron chi connectivity index (χ1n) is 7.09. The lowest BCUT2D eigenvalue weighted by Crippen LogP contribution is -2.20. The minimum atomic E-state index is 0.101. The monoisotopic (exact) mass is 286 g/mol. The number of nitrogens with one attached hydrogen (secondary N) is 1. The molecule has 2 aromatic rings. The van der Waals surface area contributed by atoms with Crippen molar-refractivity contribution in [3.63, 3.8) is 0 Å². The van der Waals surface area contributed by atoms with E-state index in [9.17, 15) is 4.79 Å². The number of ether oxygens (including phenoxy) is 1. The number of carbonyl (C=O) groups excluding carboxylic acids is 1. The van der Waals surface area contributed by atoms with Gasteiger partial charge in [-0.1, -0.05) is 17.3 Å². The lowest BCUT2D eigenvalue weighted by molar-refractivity contribution is -0.122. The quantitative estimate of drug-likeness (QED) is 0.904. The van der Waals surface area contributed by atoms with Crippen LogP contribution in [0, 0.1) is 5.92 Å². The first kappa shape index (κ1) is 13.6. The molecule has 110 valence electrons. The van der Waals surface area contributed by atoms with Gasteiger partial charge in [0.1, 0.15) is 11.4 Å². The highest BCUT2D eigenvalue weighted by atomic mass is 16.5. The van der Waals surface area contributed by atoms with Gasteiger partial charge in [0.05, 0.1) is 13.3 Å². The van der Waals surface area contributed by atoms with Gasteiger partial charge in [-0.25, -0.2) is 0 Å². The van der Waals surface area contributed by atoms with Crippen LogP contribution in [0.1, 0.15) is 12.8 Å². The molecule has 1 unspecified atom stereocenters. The van der Waals surface area contributed by atoms with Crippen LogP contribution in [0.2, 0.25) is 0 Å². The topological polar surface area (TPSA) is 69.0 Å². The van der Waals surface area contributed by atoms with E-state index in [1.54, 1.807) is 11.8 Å². The van der Waals surface area contributed by atoms with E-state index in [1.165, 1.54) is 0 Å². The van der Waals surface area contributed by atoms with Crippen LogP contribution in [-0.4, -0.2) is 34.6 Å². The first-order valence-corrected chi connectivity index (χ1v) is 7.09. The number of methoxy groups -OCH3 is 1. The summed E-state index contributed by atoms with van der Waals surface area (Å²) in [6.45, 7) is 1.48. The summed E-state index contributed by atoms with van der Waals surface area (Å²) >= 11 is 0. The van der Waals surface area contributed by atoms with Crippen molar-refractivity contribution < 1.29 is 9.53 Å². The number of hydrogen-bond donors (Lipinski definition) is 1. The Bertz CT molecular complexity index is 638. The Kier molecular flexibility index (Phi) is 3.85. The molecule has 3 rings (SSSR count). The molecule has 1 saturated heterocycles. The molecule has 0 radical (unpaired) electrons. The van der Waals surface area contributed by atoms with E-state index < -0.39 is 0 Å². The van der Waals surface area contributed by atoms with Crippen LogP contribution in [0.3, 0.4) is 0 Å². The van der Waals surface area contributed by atoms with Crippen molar-refractivity contribution in [1.82, 2.24) is 20.3 Å². The van der Waals surface area contributed by atoms with Crippen LogP contribution in [-0.2, 0) is 11.3 Å². The van der Waals surface area contributed by atoms with E-state index in [1.807, 2.05) is 30.5 Å². The number of aromatic nitrogens is 3. The van der Waals surface area contributed by atoms with Gasteiger partial charge in [0.15, 0.2) is 0 Å². The van der Waals surface area contributed by atoms with Gasteiger partial charge >= 0.3 is 0 Å². The molecule has 0 saturated carbocycles. The summed E-state index contributed by atoms with van der Waals surface area (Å²) in [7, 11) is 1.64. The second kappa shape index (κ2) is 5.95. The van der Waals surface area contributed by atoms with Crippen molar-refractivity contribution in [3.8, 4) is 17.0 Å². The van der Waals surface area contributed by atoms with E-state index in [-0.39, 0.29) is 11.8 Å². The van der Waals surface area contributed by atoms with Crippen molar-refractivity contribution in [2.75, 3.05) is 13.7 Å². The van der Waals surface area contributed by atoms with Crippen LogP contribution >= 0.6 is 0 Å². The van der Waals surface area contributed by atoms with Crippen LogP contribution in [0.4, 0.5) is 0 Å². The summed E-state index contributed by atoms with van der Waals surface area (Å²) in [5.41, 5.74) is 1.70. The molecule has 1 aliphatic heterocycles. The van der Waals surface area contributed by atoms with Crippen molar-refractivity contribution >= 4 is 5.91 Å². The minimum Gasteiger partial charge on any atom is -0.496 e. The van der Waals surface area contributed by atoms with Gasteiger partial charge in [-0.15, -0.1) is 5.10 Å². The second-order valence-corrected chi connectivity index (χ2v) is 5.13. The smallest absolute Gasteiger partial charge is 0.223 e. The highest BCUT2D eigenvalue weighted by Crippen LogP contribution is 2.27. The van der Waals surface area contributed by atoms with Crippen LogP contribution in [0.25, 0.3) is 11.3 Å². The van der Waals surface area contributed by atoms with Gasteiger partial charge in [-0.3, -0.25) is 9.48 Å². The highest BCUT2D eigenvalue weighted by Gasteiger charge is 2.23. The number of hydrogen-bond acceptors (Lipinski definition) is 4. The molecule has 6 heteroatoms. The summed E-state index contributed by atoms with van der Waals surface area (Å²) in [5, 5.41) is 11.2. The first-order chi connectivity index (χ1) is 10.3. The Morgan fingerprint density at radius 1 is 1.43 bits per heavy atom. The molecule has 0 aliphatic carbocycles. The third kappa shape index (κ3) is 2.89.